The second-order valence-electron chi connectivity index (χ2n) is 6.80. The van der Waals surface area contributed by atoms with Crippen molar-refractivity contribution in [2.45, 2.75) is 64.9 Å². The normalized spacial score (nSPS) is 29.3. The SMILES string of the molecule is CCCCC1=CC(/C=C/C2=CCCC(C)C=C2)C(OC)CC1. The molecule has 0 fully saturated rings. The molecule has 0 aliphatic heterocycles. The molecule has 3 unspecified atom stereocenters. The summed E-state index contributed by atoms with van der Waals surface area (Å²) in [4.78, 5) is 0. The number of unbranched alkanes of at least 4 members (excludes halogenated alkanes) is 1. The number of hydrogen-bond acceptors (Lipinski definition) is 1. The molecule has 1 nitrogen and oxygen atoms in total. The van der Waals surface area contributed by atoms with Gasteiger partial charge in [0, 0.05) is 13.0 Å². The first-order valence-electron chi connectivity index (χ1n) is 9.01. The predicted molar refractivity (Wildman–Crippen MR) is 95.9 cm³/mol. The van der Waals surface area contributed by atoms with Crippen LogP contribution in [0, 0.1) is 11.8 Å². The minimum atomic E-state index is 0.343. The smallest absolute Gasteiger partial charge is 0.0671 e. The molecule has 0 spiro atoms. The molecule has 0 radical (unpaired) electrons. The average Bonchev–Trinajstić information content (AvgIpc) is 2.75. The first-order valence-corrected chi connectivity index (χ1v) is 9.01. The topological polar surface area (TPSA) is 9.23 Å². The number of ether oxygens (including phenoxy) is 1. The van der Waals surface area contributed by atoms with E-state index in [1.54, 1.807) is 5.57 Å². The van der Waals surface area contributed by atoms with Gasteiger partial charge in [0.25, 0.3) is 0 Å². The van der Waals surface area contributed by atoms with E-state index in [9.17, 15) is 0 Å². The maximum Gasteiger partial charge on any atom is 0.0671 e. The molecule has 0 saturated carbocycles. The summed E-state index contributed by atoms with van der Waals surface area (Å²) in [7, 11) is 1.85. The Morgan fingerprint density at radius 1 is 1.32 bits per heavy atom. The monoisotopic (exact) mass is 300 g/mol. The second kappa shape index (κ2) is 9.15. The summed E-state index contributed by atoms with van der Waals surface area (Å²) in [5.41, 5.74) is 2.98. The van der Waals surface area contributed by atoms with Crippen LogP contribution in [0.4, 0.5) is 0 Å². The minimum absolute atomic E-state index is 0.343. The zero-order valence-electron chi connectivity index (χ0n) is 14.6. The maximum absolute atomic E-state index is 5.70. The summed E-state index contributed by atoms with van der Waals surface area (Å²) in [5.74, 6) is 1.13. The van der Waals surface area contributed by atoms with Crippen molar-refractivity contribution in [3.63, 3.8) is 0 Å². The van der Waals surface area contributed by atoms with E-state index in [0.29, 0.717) is 17.9 Å². The summed E-state index contributed by atoms with van der Waals surface area (Å²) in [6.07, 6.45) is 23.1. The fourth-order valence-electron chi connectivity index (χ4n) is 3.35. The highest BCUT2D eigenvalue weighted by molar-refractivity contribution is 5.33. The van der Waals surface area contributed by atoms with Crippen molar-refractivity contribution in [3.05, 3.63) is 47.6 Å². The molecule has 0 saturated heterocycles. The number of methoxy groups -OCH3 is 1. The predicted octanol–water partition coefficient (Wildman–Crippen LogP) is 6.00. The molecule has 0 bridgehead atoms. The van der Waals surface area contributed by atoms with E-state index in [2.05, 4.69) is 50.3 Å². The van der Waals surface area contributed by atoms with Gasteiger partial charge in [0.15, 0.2) is 0 Å². The van der Waals surface area contributed by atoms with Crippen LogP contribution < -0.4 is 0 Å². The fraction of sp³-hybridized carbons (Fsp3) is 0.619. The van der Waals surface area contributed by atoms with Crippen molar-refractivity contribution in [2.75, 3.05) is 7.11 Å². The van der Waals surface area contributed by atoms with Gasteiger partial charge >= 0.3 is 0 Å². The van der Waals surface area contributed by atoms with Crippen molar-refractivity contribution >= 4 is 0 Å². The lowest BCUT2D eigenvalue weighted by Gasteiger charge is -2.27. The van der Waals surface area contributed by atoms with Gasteiger partial charge in [-0.2, -0.15) is 0 Å². The van der Waals surface area contributed by atoms with Gasteiger partial charge in [-0.1, -0.05) is 62.3 Å². The van der Waals surface area contributed by atoms with Crippen molar-refractivity contribution in [3.8, 4) is 0 Å². The van der Waals surface area contributed by atoms with Crippen LogP contribution in [-0.4, -0.2) is 13.2 Å². The summed E-state index contributed by atoms with van der Waals surface area (Å²) in [6.45, 7) is 4.56. The summed E-state index contributed by atoms with van der Waals surface area (Å²) >= 11 is 0. The van der Waals surface area contributed by atoms with Crippen LogP contribution in [0.1, 0.15) is 58.8 Å². The van der Waals surface area contributed by atoms with E-state index in [4.69, 9.17) is 4.74 Å². The van der Waals surface area contributed by atoms with Crippen LogP contribution in [0.5, 0.6) is 0 Å². The summed E-state index contributed by atoms with van der Waals surface area (Å²) < 4.78 is 5.70. The largest absolute Gasteiger partial charge is 0.381 e. The quantitative estimate of drug-likeness (QED) is 0.547. The molecule has 0 aromatic carbocycles. The van der Waals surface area contributed by atoms with Crippen molar-refractivity contribution in [1.29, 1.82) is 0 Å². The van der Waals surface area contributed by atoms with E-state index in [1.165, 1.54) is 44.1 Å². The van der Waals surface area contributed by atoms with E-state index >= 15 is 0 Å². The Kier molecular flexibility index (Phi) is 7.18. The molecular weight excluding hydrogens is 268 g/mol. The van der Waals surface area contributed by atoms with Crippen LogP contribution in [0.25, 0.3) is 0 Å². The second-order valence-corrected chi connectivity index (χ2v) is 6.80. The third kappa shape index (κ3) is 5.28. The molecule has 0 amide bonds. The molecule has 0 heterocycles. The molecule has 2 rings (SSSR count). The Labute approximate surface area is 136 Å². The molecule has 22 heavy (non-hydrogen) atoms. The lowest BCUT2D eigenvalue weighted by Crippen LogP contribution is -2.23. The highest BCUT2D eigenvalue weighted by Gasteiger charge is 2.22. The Balaban J connectivity index is 2.04. The molecule has 3 atom stereocenters. The lowest BCUT2D eigenvalue weighted by atomic mass is 9.85. The van der Waals surface area contributed by atoms with Crippen LogP contribution in [-0.2, 0) is 4.74 Å². The lowest BCUT2D eigenvalue weighted by molar-refractivity contribution is 0.0705. The molecule has 0 aromatic rings. The zero-order chi connectivity index (χ0) is 15.8. The molecule has 2 aliphatic carbocycles. The molecule has 1 heteroatoms. The Morgan fingerprint density at radius 3 is 2.95 bits per heavy atom. The van der Waals surface area contributed by atoms with Crippen LogP contribution in [0.2, 0.25) is 0 Å². The maximum atomic E-state index is 5.70. The first-order chi connectivity index (χ1) is 10.7. The third-order valence-electron chi connectivity index (χ3n) is 4.89. The van der Waals surface area contributed by atoms with E-state index in [1.807, 2.05) is 7.11 Å². The highest BCUT2D eigenvalue weighted by Crippen LogP contribution is 2.29. The van der Waals surface area contributed by atoms with Gasteiger partial charge in [-0.3, -0.25) is 0 Å². The fourth-order valence-corrected chi connectivity index (χ4v) is 3.35. The number of hydrogen-bond donors (Lipinski definition) is 0. The van der Waals surface area contributed by atoms with Gasteiger partial charge in [0.1, 0.15) is 0 Å². The molecular formula is C21H32O. The molecule has 122 valence electrons. The third-order valence-corrected chi connectivity index (χ3v) is 4.89. The van der Waals surface area contributed by atoms with Crippen molar-refractivity contribution in [2.24, 2.45) is 11.8 Å². The Hall–Kier alpha value is -1.08. The van der Waals surface area contributed by atoms with Gasteiger partial charge in [-0.15, -0.1) is 0 Å². The number of rotatable bonds is 6. The average molecular weight is 300 g/mol. The first kappa shape index (κ1) is 17.3. The van der Waals surface area contributed by atoms with Crippen molar-refractivity contribution < 1.29 is 4.74 Å². The van der Waals surface area contributed by atoms with Gasteiger partial charge in [-0.25, -0.2) is 0 Å². The molecule has 0 N–H and O–H groups in total. The Bertz CT molecular complexity index is 453. The summed E-state index contributed by atoms with van der Waals surface area (Å²) in [5, 5.41) is 0. The van der Waals surface area contributed by atoms with Crippen molar-refractivity contribution in [1.82, 2.24) is 0 Å². The minimum Gasteiger partial charge on any atom is -0.381 e. The molecule has 0 aromatic heterocycles. The van der Waals surface area contributed by atoms with Crippen LogP contribution in [0.3, 0.4) is 0 Å². The van der Waals surface area contributed by atoms with E-state index in [-0.39, 0.29) is 0 Å². The van der Waals surface area contributed by atoms with Gasteiger partial charge < -0.3 is 4.74 Å². The zero-order valence-corrected chi connectivity index (χ0v) is 14.6. The summed E-state index contributed by atoms with van der Waals surface area (Å²) in [6, 6.07) is 0. The number of allylic oxidation sites excluding steroid dienone is 6. The van der Waals surface area contributed by atoms with Gasteiger partial charge in [0.2, 0.25) is 0 Å². The molecule has 2 aliphatic rings. The Morgan fingerprint density at radius 2 is 2.18 bits per heavy atom. The van der Waals surface area contributed by atoms with Crippen LogP contribution >= 0.6 is 0 Å². The van der Waals surface area contributed by atoms with E-state index in [0.717, 1.165) is 6.42 Å². The van der Waals surface area contributed by atoms with Gasteiger partial charge in [-0.05, 0) is 50.0 Å². The highest BCUT2D eigenvalue weighted by atomic mass is 16.5. The van der Waals surface area contributed by atoms with Gasteiger partial charge in [0.05, 0.1) is 6.10 Å². The standard InChI is InChI=1S/C21H32O/c1-4-5-8-19-13-15-21(22-3)20(16-19)14-12-18-9-6-7-17(2)10-11-18/h9-12,14,16-17,20-21H,4-8,13,15H2,1-3H3/b14-12+. The van der Waals surface area contributed by atoms with Crippen LogP contribution in [0.15, 0.2) is 47.6 Å². The van der Waals surface area contributed by atoms with E-state index < -0.39 is 0 Å².